The minimum absolute atomic E-state index is 0.200. The van der Waals surface area contributed by atoms with Gasteiger partial charge in [-0.1, -0.05) is 0 Å². The number of carbonyl (C=O) groups excluding carboxylic acids is 1. The fourth-order valence-electron chi connectivity index (χ4n) is 1.14. The average molecular weight is 332 g/mol. The first kappa shape index (κ1) is 12.3. The molecule has 0 saturated carbocycles. The van der Waals surface area contributed by atoms with Crippen molar-refractivity contribution in [2.24, 2.45) is 0 Å². The van der Waals surface area contributed by atoms with Gasteiger partial charge in [0.1, 0.15) is 9.75 Å². The molecule has 1 amide bonds. The van der Waals surface area contributed by atoms with E-state index in [1.54, 1.807) is 17.5 Å². The van der Waals surface area contributed by atoms with Crippen LogP contribution in [0.15, 0.2) is 28.1 Å². The molecule has 0 aliphatic rings. The first-order valence-electron chi connectivity index (χ1n) is 4.45. The number of hydrogen-bond donors (Lipinski definition) is 2. The Hall–Kier alpha value is -1.18. The van der Waals surface area contributed by atoms with Crippen LogP contribution in [0.25, 0.3) is 0 Å². The molecule has 0 spiro atoms. The van der Waals surface area contributed by atoms with E-state index in [0.29, 0.717) is 9.88 Å². The van der Waals surface area contributed by atoms with Gasteiger partial charge in [0.2, 0.25) is 0 Å². The van der Waals surface area contributed by atoms with Gasteiger partial charge in [-0.25, -0.2) is 4.79 Å². The summed E-state index contributed by atoms with van der Waals surface area (Å²) in [6, 6.07) is 4.83. The van der Waals surface area contributed by atoms with E-state index in [-0.39, 0.29) is 10.8 Å². The van der Waals surface area contributed by atoms with Gasteiger partial charge >= 0.3 is 5.97 Å². The van der Waals surface area contributed by atoms with Crippen molar-refractivity contribution in [1.82, 2.24) is 0 Å². The number of carbonyl (C=O) groups is 2. The molecule has 0 aromatic carbocycles. The fourth-order valence-corrected chi connectivity index (χ4v) is 3.33. The van der Waals surface area contributed by atoms with Crippen LogP contribution in [0.1, 0.15) is 19.3 Å². The molecule has 0 radical (unpaired) electrons. The van der Waals surface area contributed by atoms with Crippen molar-refractivity contribution in [2.75, 3.05) is 5.32 Å². The third-order valence-corrected chi connectivity index (χ3v) is 4.70. The molecule has 2 aromatic heterocycles. The summed E-state index contributed by atoms with van der Waals surface area (Å²) in [5.41, 5.74) is 0. The number of halogens is 1. The van der Waals surface area contributed by atoms with Crippen molar-refractivity contribution in [3.8, 4) is 0 Å². The molecule has 0 bridgehead atoms. The Labute approximate surface area is 113 Å². The lowest BCUT2D eigenvalue weighted by molar-refractivity contribution is 0.0702. The van der Waals surface area contributed by atoms with Crippen LogP contribution < -0.4 is 5.32 Å². The smallest absolute Gasteiger partial charge is 0.345 e. The molecule has 7 heteroatoms. The number of aromatic carboxylic acids is 1. The van der Waals surface area contributed by atoms with E-state index >= 15 is 0 Å². The molecule has 17 heavy (non-hydrogen) atoms. The molecule has 2 aromatic rings. The zero-order valence-corrected chi connectivity index (χ0v) is 11.5. The van der Waals surface area contributed by atoms with Crippen molar-refractivity contribution in [3.05, 3.63) is 37.8 Å². The molecule has 2 heterocycles. The van der Waals surface area contributed by atoms with Crippen LogP contribution in [-0.2, 0) is 0 Å². The van der Waals surface area contributed by atoms with Crippen LogP contribution in [0.2, 0.25) is 0 Å². The van der Waals surface area contributed by atoms with Crippen molar-refractivity contribution in [1.29, 1.82) is 0 Å². The first-order valence-corrected chi connectivity index (χ1v) is 6.94. The van der Waals surface area contributed by atoms with Gasteiger partial charge in [0.05, 0.1) is 5.00 Å². The third-order valence-electron chi connectivity index (χ3n) is 1.88. The molecular formula is C10H6BrNO3S2. The lowest BCUT2D eigenvalue weighted by Gasteiger charge is -1.99. The molecule has 0 saturated heterocycles. The molecule has 0 atom stereocenters. The molecule has 88 valence electrons. The Balaban J connectivity index is 2.13. The van der Waals surface area contributed by atoms with Crippen LogP contribution in [0.5, 0.6) is 0 Å². The topological polar surface area (TPSA) is 66.4 Å². The Morgan fingerprint density at radius 1 is 1.29 bits per heavy atom. The summed E-state index contributed by atoms with van der Waals surface area (Å²) in [7, 11) is 0. The van der Waals surface area contributed by atoms with Gasteiger partial charge in [-0.3, -0.25) is 4.79 Å². The Morgan fingerprint density at radius 2 is 2.06 bits per heavy atom. The maximum Gasteiger partial charge on any atom is 0.345 e. The van der Waals surface area contributed by atoms with Crippen molar-refractivity contribution < 1.29 is 14.7 Å². The largest absolute Gasteiger partial charge is 0.477 e. The number of amides is 1. The summed E-state index contributed by atoms with van der Waals surface area (Å²) in [5, 5.41) is 13.7. The van der Waals surface area contributed by atoms with Gasteiger partial charge in [0.15, 0.2) is 0 Å². The number of nitrogens with one attached hydrogen (secondary N) is 1. The Bertz CT molecular complexity index is 576. The van der Waals surface area contributed by atoms with Crippen LogP contribution in [0.3, 0.4) is 0 Å². The highest BCUT2D eigenvalue weighted by atomic mass is 79.9. The number of thiophene rings is 2. The van der Waals surface area contributed by atoms with Crippen LogP contribution in [0, 0.1) is 0 Å². The molecule has 0 unspecified atom stereocenters. The van der Waals surface area contributed by atoms with Crippen molar-refractivity contribution in [2.45, 2.75) is 0 Å². The van der Waals surface area contributed by atoms with Crippen LogP contribution >= 0.6 is 38.6 Å². The van der Waals surface area contributed by atoms with Crippen molar-refractivity contribution >= 4 is 55.5 Å². The van der Waals surface area contributed by atoms with Crippen LogP contribution in [-0.4, -0.2) is 17.0 Å². The number of carboxylic acid groups (broad SMARTS) is 1. The highest BCUT2D eigenvalue weighted by Gasteiger charge is 2.13. The zero-order valence-electron chi connectivity index (χ0n) is 8.27. The second kappa shape index (κ2) is 4.99. The normalized spacial score (nSPS) is 10.2. The lowest BCUT2D eigenvalue weighted by Crippen LogP contribution is -2.09. The molecule has 0 aliphatic heterocycles. The van der Waals surface area contributed by atoms with Gasteiger partial charge in [0.25, 0.3) is 5.91 Å². The molecule has 0 aliphatic carbocycles. The fraction of sp³-hybridized carbons (Fsp3) is 0. The quantitative estimate of drug-likeness (QED) is 0.904. The van der Waals surface area contributed by atoms with E-state index in [1.807, 2.05) is 0 Å². The first-order chi connectivity index (χ1) is 8.08. The van der Waals surface area contributed by atoms with E-state index < -0.39 is 5.97 Å². The highest BCUT2D eigenvalue weighted by Crippen LogP contribution is 2.26. The second-order valence-corrected chi connectivity index (χ2v) is 5.88. The maximum absolute atomic E-state index is 11.8. The molecular weight excluding hydrogens is 326 g/mol. The van der Waals surface area contributed by atoms with E-state index in [4.69, 9.17) is 5.11 Å². The summed E-state index contributed by atoms with van der Waals surface area (Å²) in [5.74, 6) is -1.24. The Morgan fingerprint density at radius 3 is 2.59 bits per heavy atom. The Kier molecular flexibility index (Phi) is 3.60. The van der Waals surface area contributed by atoms with E-state index in [2.05, 4.69) is 21.2 Å². The standard InChI is InChI=1S/C10H6BrNO3S2/c11-5-3-4-16-8(5)9(13)12-7-2-1-6(17-7)10(14)15/h1-4H,(H,12,13)(H,14,15). The predicted octanol–water partition coefficient (Wildman–Crippen LogP) is 3.52. The highest BCUT2D eigenvalue weighted by molar-refractivity contribution is 9.10. The molecule has 0 fully saturated rings. The summed E-state index contributed by atoms with van der Waals surface area (Å²) in [6.45, 7) is 0. The van der Waals surface area contributed by atoms with Gasteiger partial charge in [0, 0.05) is 4.47 Å². The number of carboxylic acids is 1. The monoisotopic (exact) mass is 331 g/mol. The second-order valence-electron chi connectivity index (χ2n) is 3.02. The SMILES string of the molecule is O=C(O)c1ccc(NC(=O)c2sccc2Br)s1. The molecule has 2 N–H and O–H groups in total. The number of rotatable bonds is 3. The van der Waals surface area contributed by atoms with Gasteiger partial charge in [-0.15, -0.1) is 22.7 Å². The zero-order chi connectivity index (χ0) is 12.4. The summed E-state index contributed by atoms with van der Waals surface area (Å²) < 4.78 is 0.731. The number of anilines is 1. The van der Waals surface area contributed by atoms with Gasteiger partial charge in [-0.05, 0) is 39.5 Å². The van der Waals surface area contributed by atoms with Crippen LogP contribution in [0.4, 0.5) is 5.00 Å². The lowest BCUT2D eigenvalue weighted by atomic mass is 10.4. The van der Waals surface area contributed by atoms with E-state index in [9.17, 15) is 9.59 Å². The summed E-state index contributed by atoms with van der Waals surface area (Å²) >= 11 is 5.62. The van der Waals surface area contributed by atoms with E-state index in [1.165, 1.54) is 17.4 Å². The third kappa shape index (κ3) is 2.74. The molecule has 4 nitrogen and oxygen atoms in total. The summed E-state index contributed by atoms with van der Waals surface area (Å²) in [4.78, 5) is 23.2. The maximum atomic E-state index is 11.8. The molecule has 2 rings (SSSR count). The minimum atomic E-state index is -0.993. The van der Waals surface area contributed by atoms with Crippen molar-refractivity contribution in [3.63, 3.8) is 0 Å². The van der Waals surface area contributed by atoms with Gasteiger partial charge < -0.3 is 10.4 Å². The average Bonchev–Trinajstić information content (AvgIpc) is 2.86. The predicted molar refractivity (Wildman–Crippen MR) is 71.3 cm³/mol. The summed E-state index contributed by atoms with van der Waals surface area (Å²) in [6.07, 6.45) is 0. The number of hydrogen-bond acceptors (Lipinski definition) is 4. The minimum Gasteiger partial charge on any atom is -0.477 e. The van der Waals surface area contributed by atoms with E-state index in [0.717, 1.165) is 15.8 Å². The van der Waals surface area contributed by atoms with Gasteiger partial charge in [-0.2, -0.15) is 0 Å².